The van der Waals surface area contributed by atoms with E-state index < -0.39 is 284 Å². The van der Waals surface area contributed by atoms with Crippen molar-refractivity contribution < 1.29 is 115 Å². The van der Waals surface area contributed by atoms with Crippen molar-refractivity contribution in [2.45, 2.75) is 374 Å². The Balaban J connectivity index is 2.14. The zero-order chi connectivity index (χ0) is 104. The van der Waals surface area contributed by atoms with E-state index in [-0.39, 0.29) is 63.5 Å². The molecule has 47 heteroatoms. The van der Waals surface area contributed by atoms with Crippen molar-refractivity contribution in [2.24, 2.45) is 35.0 Å². The first kappa shape index (κ1) is 119. The van der Waals surface area contributed by atoms with Crippen LogP contribution in [0.25, 0.3) is 0 Å². The van der Waals surface area contributed by atoms with Gasteiger partial charge >= 0.3 is 0 Å². The van der Waals surface area contributed by atoms with Crippen LogP contribution in [-0.2, 0) is 110 Å². The summed E-state index contributed by atoms with van der Waals surface area (Å²) in [5.74, 6) is -20.5. The van der Waals surface area contributed by atoms with Crippen LogP contribution in [0.4, 0.5) is 0 Å². The number of aliphatic hydroxyl groups excluding tert-OH is 1. The van der Waals surface area contributed by atoms with Crippen molar-refractivity contribution in [1.82, 2.24) is 106 Å². The first-order valence-electron chi connectivity index (χ1n) is 45.2. The fraction of sp³-hybridized carbons (Fsp3) is 0.739. The molecule has 25 N–H and O–H groups in total. The third-order valence-corrected chi connectivity index (χ3v) is 22.9. The van der Waals surface area contributed by atoms with Crippen LogP contribution in [0.5, 0.6) is 0 Å². The lowest BCUT2D eigenvalue weighted by molar-refractivity contribution is -0.146. The van der Waals surface area contributed by atoms with Crippen LogP contribution in [0.3, 0.4) is 0 Å². The molecule has 0 aromatic heterocycles. The van der Waals surface area contributed by atoms with Crippen LogP contribution in [0.15, 0.2) is 0 Å². The normalized spacial score (nSPS) is 16.4. The van der Waals surface area contributed by atoms with Crippen LogP contribution in [0.1, 0.15) is 264 Å². The number of primary amides is 3. The van der Waals surface area contributed by atoms with E-state index in [1.807, 2.05) is 6.92 Å². The van der Waals surface area contributed by atoms with Gasteiger partial charge in [0.2, 0.25) is 136 Å². The van der Waals surface area contributed by atoms with Gasteiger partial charge in [-0.1, -0.05) is 48.0 Å². The zero-order valence-corrected chi connectivity index (χ0v) is 83.3. The summed E-state index contributed by atoms with van der Waals surface area (Å²) in [6.45, 7) is 37.0. The molecule has 0 aromatic rings. The molecular weight excluding hydrogens is 1760 g/mol. The standard InChI is InChI=1S/C88H151N23O24/c1-28-46(6)54(43-112)97-64(120)50(33-36-57(89)114)96-65(121)51(34-37-58(90)115)98-75(131)84(18,19)108-77(133)86(22,23)107-70(126)61(45(4)5)100-68(124)55-31-29-39-110(55)79(135)88(26,27)109-76(132)85(20,21)102-60(117)42-92-71(127)80(10,11)105-67(123)53(41-44(2)3)99-74(130)83(16,17)104-66(122)52(35-38-59(91)116)95-62(118)47(7)93-72(128)81(12,13)103-63(119)48(8)94-73(129)82(14,15)106-69(125)56-32-30-40-111(56)78(134)87(24,25)101-49(9)113/h44-48,50-56,61,112H,28-43H2,1-27H3,(H2,89,114)(H2,90,115)(H2,91,116)(H,92,127)(H,93,128)(H,94,129)(H,95,118)(H,96,121)(H,97,120)(H,98,131)(H,99,130)(H,100,124)(H,101,113)(H,102,117)(H,103,119)(H,104,122)(H,105,123)(H,106,125)(H,107,126)(H,108,133)(H,109,132). The number of amides is 23. The molecule has 11 unspecified atom stereocenters. The second-order valence-corrected chi connectivity index (χ2v) is 40.3. The van der Waals surface area contributed by atoms with Gasteiger partial charge in [0.1, 0.15) is 104 Å². The van der Waals surface area contributed by atoms with E-state index >= 15 is 0 Å². The van der Waals surface area contributed by atoms with Gasteiger partial charge in [-0.05, 0) is 208 Å². The lowest BCUT2D eigenvalue weighted by atomic mass is 9.96. The quantitative estimate of drug-likeness (QED) is 0.0270. The van der Waals surface area contributed by atoms with Crippen LogP contribution in [0.2, 0.25) is 0 Å². The highest BCUT2D eigenvalue weighted by molar-refractivity contribution is 6.05. The third-order valence-electron chi connectivity index (χ3n) is 22.9. The number of hydrogen-bond acceptors (Lipinski definition) is 24. The summed E-state index contributed by atoms with van der Waals surface area (Å²) in [5, 5.41) is 55.6. The van der Waals surface area contributed by atoms with Crippen LogP contribution in [0, 0.1) is 17.8 Å². The summed E-state index contributed by atoms with van der Waals surface area (Å²) in [7, 11) is 0. The number of rotatable bonds is 52. The summed E-state index contributed by atoms with van der Waals surface area (Å²) in [6, 6.07) is -13.0. The maximum absolute atomic E-state index is 14.5. The summed E-state index contributed by atoms with van der Waals surface area (Å²) in [6.07, 6.45) is -0.647. The van der Waals surface area contributed by atoms with Gasteiger partial charge in [0.15, 0.2) is 0 Å². The topological polar surface area (TPSA) is 714 Å². The van der Waals surface area contributed by atoms with Gasteiger partial charge in [-0.3, -0.25) is 110 Å². The van der Waals surface area contributed by atoms with Gasteiger partial charge in [0.05, 0.1) is 19.2 Å². The molecule has 0 saturated carbocycles. The number of hydrogen-bond donors (Lipinski definition) is 22. The number of aliphatic hydroxyl groups is 1. The Morgan fingerprint density at radius 2 is 0.696 bits per heavy atom. The van der Waals surface area contributed by atoms with Gasteiger partial charge in [0.25, 0.3) is 0 Å². The second-order valence-electron chi connectivity index (χ2n) is 40.3. The smallest absolute Gasteiger partial charge is 0.248 e. The minimum Gasteiger partial charge on any atom is -0.394 e. The van der Waals surface area contributed by atoms with E-state index in [9.17, 15) is 115 Å². The lowest BCUT2D eigenvalue weighted by Crippen LogP contribution is -2.66. The molecule has 0 bridgehead atoms. The molecule has 23 amide bonds. The number of nitrogens with one attached hydrogen (secondary N) is 18. The summed E-state index contributed by atoms with van der Waals surface area (Å²) >= 11 is 0. The van der Waals surface area contributed by atoms with E-state index in [1.54, 1.807) is 34.6 Å². The average molecular weight is 1920 g/mol. The van der Waals surface area contributed by atoms with Crippen molar-refractivity contribution in [1.29, 1.82) is 0 Å². The molecule has 2 rings (SSSR count). The fourth-order valence-electron chi connectivity index (χ4n) is 14.1. The van der Waals surface area contributed by atoms with Gasteiger partial charge in [-0.15, -0.1) is 0 Å². The second kappa shape index (κ2) is 49.3. The molecule has 0 aromatic carbocycles. The first-order valence-corrected chi connectivity index (χ1v) is 45.2. The van der Waals surface area contributed by atoms with Crippen molar-refractivity contribution in [3.05, 3.63) is 0 Å². The Labute approximate surface area is 788 Å². The predicted octanol–water partition coefficient (Wildman–Crippen LogP) is -5.39. The number of nitrogens with zero attached hydrogens (tertiary/aromatic N) is 2. The molecule has 2 saturated heterocycles. The zero-order valence-electron chi connectivity index (χ0n) is 83.3. The van der Waals surface area contributed by atoms with Crippen molar-refractivity contribution >= 4 is 136 Å². The van der Waals surface area contributed by atoms with E-state index in [2.05, 4.69) is 95.7 Å². The highest BCUT2D eigenvalue weighted by atomic mass is 16.3. The van der Waals surface area contributed by atoms with Crippen LogP contribution < -0.4 is 113 Å². The van der Waals surface area contributed by atoms with Gasteiger partial charge < -0.3 is 128 Å². The molecule has 2 aliphatic rings. The molecule has 135 heavy (non-hydrogen) atoms. The van der Waals surface area contributed by atoms with E-state index in [0.29, 0.717) is 19.3 Å². The first-order chi connectivity index (χ1) is 61.6. The van der Waals surface area contributed by atoms with Crippen molar-refractivity contribution in [2.75, 3.05) is 26.2 Å². The number of likely N-dealkylation sites (tertiary alicyclic amines) is 2. The van der Waals surface area contributed by atoms with Crippen LogP contribution in [-0.4, -0.2) is 287 Å². The van der Waals surface area contributed by atoms with Crippen molar-refractivity contribution in [3.63, 3.8) is 0 Å². The number of carbonyl (C=O) groups excluding carboxylic acids is 23. The minimum absolute atomic E-state index is 0.0258. The highest BCUT2D eigenvalue weighted by Gasteiger charge is 2.49. The van der Waals surface area contributed by atoms with E-state index in [0.717, 1.165) is 0 Å². The third kappa shape index (κ3) is 36.5. The van der Waals surface area contributed by atoms with E-state index in [1.165, 1.54) is 155 Å². The Morgan fingerprint density at radius 1 is 0.356 bits per heavy atom. The Morgan fingerprint density at radius 3 is 1.13 bits per heavy atom. The number of nitrogens with two attached hydrogens (primary N) is 3. The minimum atomic E-state index is -1.90. The number of carbonyl (C=O) groups is 23. The molecule has 0 radical (unpaired) electrons. The molecule has 2 fully saturated rings. The maximum Gasteiger partial charge on any atom is 0.248 e. The van der Waals surface area contributed by atoms with Gasteiger partial charge in [-0.25, -0.2) is 0 Å². The largest absolute Gasteiger partial charge is 0.394 e. The summed E-state index contributed by atoms with van der Waals surface area (Å²) < 4.78 is 0. The molecule has 47 nitrogen and oxygen atoms in total. The lowest BCUT2D eigenvalue weighted by Gasteiger charge is -2.36. The fourth-order valence-corrected chi connectivity index (χ4v) is 14.1. The SMILES string of the molecule is CCC(C)C(CO)NC(=O)C(CCC(N)=O)NC(=O)C(CCC(N)=O)NC(=O)C(C)(C)NC(=O)C(C)(C)NC(=O)C(NC(=O)C1CCCN1C(=O)C(C)(C)NC(=O)C(C)(C)NC(=O)CNC(=O)C(C)(C)NC(=O)C(CC(C)C)NC(=O)C(C)(C)NC(=O)C(CCC(N)=O)NC(=O)C(C)NC(=O)C(C)(C)NC(=O)C(C)NC(=O)C(C)(C)NC(=O)C1CCCN1C(=O)C(C)(C)NC(C)=O)C(C)C. The van der Waals surface area contributed by atoms with Crippen molar-refractivity contribution in [3.8, 4) is 0 Å². The Kier molecular flexibility index (Phi) is 43.4. The molecular formula is C88H151N23O24. The summed E-state index contributed by atoms with van der Waals surface area (Å²) in [4.78, 5) is 314. The Bertz CT molecular complexity index is 4420. The molecule has 762 valence electrons. The van der Waals surface area contributed by atoms with Gasteiger partial charge in [0, 0.05) is 39.3 Å². The monoisotopic (exact) mass is 1910 g/mol. The predicted molar refractivity (Wildman–Crippen MR) is 491 cm³/mol. The molecule has 0 aliphatic carbocycles. The van der Waals surface area contributed by atoms with Crippen LogP contribution >= 0.6 is 0 Å². The van der Waals surface area contributed by atoms with E-state index in [4.69, 9.17) is 17.2 Å². The highest BCUT2D eigenvalue weighted by Crippen LogP contribution is 2.27. The average Bonchev–Trinajstić information content (AvgIpc) is 1.62. The molecule has 11 atom stereocenters. The maximum atomic E-state index is 14.5. The molecule has 2 aliphatic heterocycles. The Hall–Kier alpha value is -12.2. The summed E-state index contributed by atoms with van der Waals surface area (Å²) in [5.41, 5.74) is 0.395. The molecule has 0 spiro atoms. The molecule has 2 heterocycles. The van der Waals surface area contributed by atoms with Gasteiger partial charge in [-0.2, -0.15) is 0 Å².